The Kier molecular flexibility index (Phi) is 4.42. The molecule has 118 valence electrons. The van der Waals surface area contributed by atoms with Gasteiger partial charge in [0, 0.05) is 11.6 Å². The van der Waals surface area contributed by atoms with Crippen LogP contribution in [0.5, 0.6) is 0 Å². The molecule has 1 aliphatic rings. The van der Waals surface area contributed by atoms with E-state index in [1.165, 1.54) is 0 Å². The van der Waals surface area contributed by atoms with Gasteiger partial charge >= 0.3 is 5.97 Å². The number of rotatable bonds is 5. The summed E-state index contributed by atoms with van der Waals surface area (Å²) < 4.78 is 5.31. The highest BCUT2D eigenvalue weighted by Gasteiger charge is 2.29. The number of amides is 1. The van der Waals surface area contributed by atoms with Crippen molar-refractivity contribution in [2.24, 2.45) is 5.92 Å². The number of hydrogen-bond acceptors (Lipinski definition) is 3. The maximum Gasteiger partial charge on any atom is 0.338 e. The Bertz CT molecular complexity index is 718. The number of benzene rings is 2. The number of hydrogen-bond donors (Lipinski definition) is 1. The molecule has 1 fully saturated rings. The number of esters is 1. The van der Waals surface area contributed by atoms with Gasteiger partial charge in [-0.1, -0.05) is 29.8 Å². The summed E-state index contributed by atoms with van der Waals surface area (Å²) in [6.45, 7) is 2.25. The molecule has 2 aromatic carbocycles. The lowest BCUT2D eigenvalue weighted by atomic mass is 10.1. The minimum atomic E-state index is -0.369. The second kappa shape index (κ2) is 6.65. The van der Waals surface area contributed by atoms with Crippen LogP contribution in [0.3, 0.4) is 0 Å². The Morgan fingerprint density at radius 3 is 2.52 bits per heavy atom. The highest BCUT2D eigenvalue weighted by atomic mass is 16.5. The maximum absolute atomic E-state index is 12.0. The third-order valence-corrected chi connectivity index (χ3v) is 3.79. The Balaban J connectivity index is 1.55. The number of nitrogens with one attached hydrogen (secondary N) is 1. The van der Waals surface area contributed by atoms with Crippen molar-refractivity contribution in [2.75, 3.05) is 5.32 Å². The van der Waals surface area contributed by atoms with Crippen LogP contribution in [-0.4, -0.2) is 11.9 Å². The maximum atomic E-state index is 12.0. The van der Waals surface area contributed by atoms with E-state index in [4.69, 9.17) is 4.74 Å². The normalized spacial score (nSPS) is 13.4. The van der Waals surface area contributed by atoms with Gasteiger partial charge in [0.1, 0.15) is 6.61 Å². The predicted molar refractivity (Wildman–Crippen MR) is 88.1 cm³/mol. The van der Waals surface area contributed by atoms with Gasteiger partial charge in [-0.05, 0) is 49.6 Å². The SMILES string of the molecule is Cc1cccc(COC(=O)c2ccc(NC(=O)C3CC3)cc2)c1. The highest BCUT2D eigenvalue weighted by molar-refractivity contribution is 5.95. The Labute approximate surface area is 135 Å². The zero-order valence-corrected chi connectivity index (χ0v) is 13.0. The molecular formula is C19H19NO3. The number of aryl methyl sites for hydroxylation is 1. The monoisotopic (exact) mass is 309 g/mol. The van der Waals surface area contributed by atoms with E-state index in [1.807, 2.05) is 31.2 Å². The summed E-state index contributed by atoms with van der Waals surface area (Å²) >= 11 is 0. The van der Waals surface area contributed by atoms with Crippen molar-refractivity contribution >= 4 is 17.6 Å². The highest BCUT2D eigenvalue weighted by Crippen LogP contribution is 2.30. The molecule has 0 heterocycles. The Morgan fingerprint density at radius 2 is 1.87 bits per heavy atom. The van der Waals surface area contributed by atoms with Crippen LogP contribution in [0.1, 0.15) is 34.3 Å². The molecule has 2 aromatic rings. The molecule has 4 heteroatoms. The quantitative estimate of drug-likeness (QED) is 0.857. The average Bonchev–Trinajstić information content (AvgIpc) is 3.38. The van der Waals surface area contributed by atoms with Crippen LogP contribution in [-0.2, 0) is 16.1 Å². The predicted octanol–water partition coefficient (Wildman–Crippen LogP) is 3.70. The van der Waals surface area contributed by atoms with Crippen molar-refractivity contribution in [3.05, 3.63) is 65.2 Å². The van der Waals surface area contributed by atoms with E-state index in [0.29, 0.717) is 11.3 Å². The lowest BCUT2D eigenvalue weighted by molar-refractivity contribution is -0.117. The van der Waals surface area contributed by atoms with E-state index in [0.717, 1.165) is 24.0 Å². The van der Waals surface area contributed by atoms with Crippen molar-refractivity contribution < 1.29 is 14.3 Å². The molecule has 0 saturated heterocycles. The summed E-state index contributed by atoms with van der Waals surface area (Å²) in [4.78, 5) is 23.7. The molecule has 1 N–H and O–H groups in total. The fraction of sp³-hybridized carbons (Fsp3) is 0.263. The number of carbonyl (C=O) groups is 2. The van der Waals surface area contributed by atoms with Gasteiger partial charge in [0.15, 0.2) is 0 Å². The largest absolute Gasteiger partial charge is 0.457 e. The first kappa shape index (κ1) is 15.3. The zero-order valence-electron chi connectivity index (χ0n) is 13.0. The van der Waals surface area contributed by atoms with Crippen LogP contribution in [0, 0.1) is 12.8 Å². The van der Waals surface area contributed by atoms with Gasteiger partial charge in [0.2, 0.25) is 5.91 Å². The Hall–Kier alpha value is -2.62. The minimum Gasteiger partial charge on any atom is -0.457 e. The van der Waals surface area contributed by atoms with Gasteiger partial charge in [0.05, 0.1) is 5.56 Å². The van der Waals surface area contributed by atoms with Gasteiger partial charge in [-0.3, -0.25) is 4.79 Å². The molecule has 4 nitrogen and oxygen atoms in total. The van der Waals surface area contributed by atoms with Gasteiger partial charge in [0.25, 0.3) is 0 Å². The molecule has 0 radical (unpaired) electrons. The van der Waals surface area contributed by atoms with Crippen molar-refractivity contribution in [3.63, 3.8) is 0 Å². The summed E-state index contributed by atoms with van der Waals surface area (Å²) in [6, 6.07) is 14.6. The molecule has 3 rings (SSSR count). The number of carbonyl (C=O) groups excluding carboxylic acids is 2. The van der Waals surface area contributed by atoms with Crippen LogP contribution < -0.4 is 5.32 Å². The summed E-state index contributed by atoms with van der Waals surface area (Å²) in [5.41, 5.74) is 3.28. The lowest BCUT2D eigenvalue weighted by Gasteiger charge is -2.07. The summed E-state index contributed by atoms with van der Waals surface area (Å²) in [5, 5.41) is 2.84. The summed E-state index contributed by atoms with van der Waals surface area (Å²) in [7, 11) is 0. The van der Waals surface area contributed by atoms with Crippen molar-refractivity contribution in [3.8, 4) is 0 Å². The molecule has 1 saturated carbocycles. The second-order valence-corrected chi connectivity index (χ2v) is 5.91. The first-order chi connectivity index (χ1) is 11.1. The fourth-order valence-electron chi connectivity index (χ4n) is 2.31. The van der Waals surface area contributed by atoms with Crippen molar-refractivity contribution in [1.82, 2.24) is 0 Å². The fourth-order valence-corrected chi connectivity index (χ4v) is 2.31. The zero-order chi connectivity index (χ0) is 16.2. The van der Waals surface area contributed by atoms with Crippen molar-refractivity contribution in [2.45, 2.75) is 26.4 Å². The molecule has 1 amide bonds. The molecule has 0 bridgehead atoms. The first-order valence-corrected chi connectivity index (χ1v) is 7.75. The lowest BCUT2D eigenvalue weighted by Crippen LogP contribution is -2.13. The standard InChI is InChI=1S/C19H19NO3/c1-13-3-2-4-14(11-13)12-23-19(22)16-7-9-17(10-8-16)20-18(21)15-5-6-15/h2-4,7-11,15H,5-6,12H2,1H3,(H,20,21). The topological polar surface area (TPSA) is 55.4 Å². The minimum absolute atomic E-state index is 0.0553. The molecule has 23 heavy (non-hydrogen) atoms. The van der Waals surface area contributed by atoms with E-state index in [2.05, 4.69) is 5.32 Å². The van der Waals surface area contributed by atoms with E-state index < -0.39 is 0 Å². The molecule has 0 atom stereocenters. The van der Waals surface area contributed by atoms with Crippen LogP contribution in [0.15, 0.2) is 48.5 Å². The molecule has 1 aliphatic carbocycles. The van der Waals surface area contributed by atoms with Gasteiger partial charge in [-0.25, -0.2) is 4.79 Å². The molecule has 0 aliphatic heterocycles. The van der Waals surface area contributed by atoms with Crippen molar-refractivity contribution in [1.29, 1.82) is 0 Å². The third-order valence-electron chi connectivity index (χ3n) is 3.79. The molecule has 0 spiro atoms. The first-order valence-electron chi connectivity index (χ1n) is 7.75. The summed E-state index contributed by atoms with van der Waals surface area (Å²) in [5.74, 6) is -0.152. The number of anilines is 1. The van der Waals surface area contributed by atoms with E-state index in [1.54, 1.807) is 24.3 Å². The van der Waals surface area contributed by atoms with E-state index in [-0.39, 0.29) is 24.4 Å². The Morgan fingerprint density at radius 1 is 1.13 bits per heavy atom. The van der Waals surface area contributed by atoms with Gasteiger partial charge in [-0.15, -0.1) is 0 Å². The third kappa shape index (κ3) is 4.19. The van der Waals surface area contributed by atoms with Crippen LogP contribution in [0.4, 0.5) is 5.69 Å². The smallest absolute Gasteiger partial charge is 0.338 e. The van der Waals surface area contributed by atoms with Crippen LogP contribution in [0.2, 0.25) is 0 Å². The van der Waals surface area contributed by atoms with E-state index >= 15 is 0 Å². The summed E-state index contributed by atoms with van der Waals surface area (Å²) in [6.07, 6.45) is 1.93. The van der Waals surface area contributed by atoms with E-state index in [9.17, 15) is 9.59 Å². The average molecular weight is 309 g/mol. The number of ether oxygens (including phenoxy) is 1. The molecular weight excluding hydrogens is 290 g/mol. The molecule has 0 aromatic heterocycles. The second-order valence-electron chi connectivity index (χ2n) is 5.91. The molecule has 0 unspecified atom stereocenters. The van der Waals surface area contributed by atoms with Gasteiger partial charge in [-0.2, -0.15) is 0 Å². The van der Waals surface area contributed by atoms with Gasteiger partial charge < -0.3 is 10.1 Å². The van der Waals surface area contributed by atoms with Crippen LogP contribution in [0.25, 0.3) is 0 Å². The van der Waals surface area contributed by atoms with Crippen LogP contribution >= 0.6 is 0 Å².